The number of aromatic nitrogens is 2. The smallest absolute Gasteiger partial charge is 0.129 e. The van der Waals surface area contributed by atoms with Crippen molar-refractivity contribution in [1.82, 2.24) is 14.9 Å². The maximum Gasteiger partial charge on any atom is 0.129 e. The standard InChI is InChI=1S/C12H13ClFN3S/c1-2-5-15-12(11-7-16-17-18-11)9-4-3-8(13)6-10(9)14/h3-4,6-7,12,15H,2,5H2,1H3. The van der Waals surface area contributed by atoms with E-state index in [1.165, 1.54) is 17.6 Å². The predicted octanol–water partition coefficient (Wildman–Crippen LogP) is 3.42. The minimum absolute atomic E-state index is 0.220. The van der Waals surface area contributed by atoms with Crippen molar-refractivity contribution in [2.75, 3.05) is 6.54 Å². The van der Waals surface area contributed by atoms with E-state index >= 15 is 0 Å². The van der Waals surface area contributed by atoms with Crippen molar-refractivity contribution in [3.8, 4) is 0 Å². The van der Waals surface area contributed by atoms with Crippen LogP contribution >= 0.6 is 23.1 Å². The Balaban J connectivity index is 2.33. The van der Waals surface area contributed by atoms with Gasteiger partial charge in [0, 0.05) is 10.6 Å². The molecule has 0 aliphatic carbocycles. The summed E-state index contributed by atoms with van der Waals surface area (Å²) in [6.45, 7) is 2.86. The molecule has 0 aliphatic rings. The van der Waals surface area contributed by atoms with Crippen LogP contribution < -0.4 is 5.32 Å². The normalized spacial score (nSPS) is 12.6. The first-order valence-corrected chi connectivity index (χ1v) is 6.83. The zero-order valence-corrected chi connectivity index (χ0v) is 11.4. The zero-order chi connectivity index (χ0) is 13.0. The predicted molar refractivity (Wildman–Crippen MR) is 71.5 cm³/mol. The monoisotopic (exact) mass is 285 g/mol. The molecule has 1 atom stereocenters. The Morgan fingerprint density at radius 2 is 2.33 bits per heavy atom. The Morgan fingerprint density at radius 1 is 1.50 bits per heavy atom. The van der Waals surface area contributed by atoms with Crippen molar-refractivity contribution in [2.24, 2.45) is 0 Å². The van der Waals surface area contributed by atoms with Gasteiger partial charge in [0.05, 0.1) is 17.1 Å². The molecular weight excluding hydrogens is 273 g/mol. The van der Waals surface area contributed by atoms with Crippen molar-refractivity contribution >= 4 is 23.1 Å². The van der Waals surface area contributed by atoms with Gasteiger partial charge in [-0.3, -0.25) is 0 Å². The topological polar surface area (TPSA) is 37.8 Å². The lowest BCUT2D eigenvalue weighted by atomic mass is 10.1. The Morgan fingerprint density at radius 3 is 2.94 bits per heavy atom. The van der Waals surface area contributed by atoms with Gasteiger partial charge in [-0.25, -0.2) is 4.39 Å². The van der Waals surface area contributed by atoms with Crippen molar-refractivity contribution < 1.29 is 4.39 Å². The number of nitrogens with zero attached hydrogens (tertiary/aromatic N) is 2. The van der Waals surface area contributed by atoms with Gasteiger partial charge in [0.25, 0.3) is 0 Å². The van der Waals surface area contributed by atoms with E-state index in [1.807, 2.05) is 0 Å². The van der Waals surface area contributed by atoms with Crippen LogP contribution in [0.5, 0.6) is 0 Å². The fourth-order valence-electron chi connectivity index (χ4n) is 1.69. The van der Waals surface area contributed by atoms with Gasteiger partial charge in [0.15, 0.2) is 0 Å². The molecule has 0 fully saturated rings. The molecule has 96 valence electrons. The average molecular weight is 286 g/mol. The lowest BCUT2D eigenvalue weighted by molar-refractivity contribution is 0.551. The molecule has 2 rings (SSSR count). The second-order valence-electron chi connectivity index (χ2n) is 3.87. The molecule has 0 spiro atoms. The summed E-state index contributed by atoms with van der Waals surface area (Å²) in [4.78, 5) is 0.893. The molecule has 1 heterocycles. The highest BCUT2D eigenvalue weighted by Gasteiger charge is 2.19. The summed E-state index contributed by atoms with van der Waals surface area (Å²) in [5, 5.41) is 7.50. The lowest BCUT2D eigenvalue weighted by Gasteiger charge is -2.17. The fourth-order valence-corrected chi connectivity index (χ4v) is 2.45. The van der Waals surface area contributed by atoms with Gasteiger partial charge in [-0.2, -0.15) is 0 Å². The molecule has 0 radical (unpaired) electrons. The maximum atomic E-state index is 14.0. The van der Waals surface area contributed by atoms with Crippen molar-refractivity contribution in [2.45, 2.75) is 19.4 Å². The highest BCUT2D eigenvalue weighted by molar-refractivity contribution is 7.05. The van der Waals surface area contributed by atoms with E-state index < -0.39 is 0 Å². The number of hydrogen-bond acceptors (Lipinski definition) is 4. The van der Waals surface area contributed by atoms with Gasteiger partial charge in [0.2, 0.25) is 0 Å². The highest BCUT2D eigenvalue weighted by Crippen LogP contribution is 2.27. The van der Waals surface area contributed by atoms with E-state index in [0.29, 0.717) is 10.6 Å². The SMILES string of the molecule is CCCNC(c1cnns1)c1ccc(Cl)cc1F. The van der Waals surface area contributed by atoms with Crippen LogP contribution in [0.3, 0.4) is 0 Å². The zero-order valence-electron chi connectivity index (χ0n) is 9.86. The molecule has 0 aliphatic heterocycles. The summed E-state index contributed by atoms with van der Waals surface area (Å²) in [5.74, 6) is -0.315. The second-order valence-corrected chi connectivity index (χ2v) is 5.13. The summed E-state index contributed by atoms with van der Waals surface area (Å²) in [7, 11) is 0. The summed E-state index contributed by atoms with van der Waals surface area (Å²) in [6, 6.07) is 4.49. The molecule has 2 aromatic rings. The van der Waals surface area contributed by atoms with E-state index in [9.17, 15) is 4.39 Å². The van der Waals surface area contributed by atoms with Crippen LogP contribution in [-0.2, 0) is 0 Å². The summed E-state index contributed by atoms with van der Waals surface area (Å²) < 4.78 is 17.8. The third-order valence-corrected chi connectivity index (χ3v) is 3.50. The number of rotatable bonds is 5. The van der Waals surface area contributed by atoms with E-state index in [2.05, 4.69) is 21.8 Å². The maximum absolute atomic E-state index is 14.0. The molecule has 1 N–H and O–H groups in total. The van der Waals surface area contributed by atoms with Crippen molar-refractivity contribution in [3.05, 3.63) is 45.7 Å². The molecule has 1 aromatic heterocycles. The molecule has 0 amide bonds. The number of nitrogens with one attached hydrogen (secondary N) is 1. The minimum Gasteiger partial charge on any atom is -0.305 e. The van der Waals surface area contributed by atoms with Crippen LogP contribution in [0.4, 0.5) is 4.39 Å². The van der Waals surface area contributed by atoms with Crippen molar-refractivity contribution in [1.29, 1.82) is 0 Å². The third kappa shape index (κ3) is 3.04. The van der Waals surface area contributed by atoms with E-state index in [1.54, 1.807) is 18.3 Å². The van der Waals surface area contributed by atoms with Gasteiger partial charge in [-0.15, -0.1) is 5.10 Å². The van der Waals surface area contributed by atoms with Gasteiger partial charge >= 0.3 is 0 Å². The summed E-state index contributed by atoms with van der Waals surface area (Å²) >= 11 is 7.03. The number of halogens is 2. The van der Waals surface area contributed by atoms with Crippen molar-refractivity contribution in [3.63, 3.8) is 0 Å². The van der Waals surface area contributed by atoms with Crippen LogP contribution in [0.15, 0.2) is 24.4 Å². The first-order chi connectivity index (χ1) is 8.72. The second kappa shape index (κ2) is 6.22. The van der Waals surface area contributed by atoms with E-state index in [-0.39, 0.29) is 11.9 Å². The largest absolute Gasteiger partial charge is 0.305 e. The van der Waals surface area contributed by atoms with E-state index in [0.717, 1.165) is 17.8 Å². The average Bonchev–Trinajstić information content (AvgIpc) is 2.85. The van der Waals surface area contributed by atoms with Crippen LogP contribution in [-0.4, -0.2) is 16.1 Å². The summed E-state index contributed by atoms with van der Waals surface area (Å²) in [5.41, 5.74) is 0.568. The molecular formula is C12H13ClFN3S. The van der Waals surface area contributed by atoms with E-state index in [4.69, 9.17) is 11.6 Å². The van der Waals surface area contributed by atoms with Gasteiger partial charge in [0.1, 0.15) is 5.82 Å². The molecule has 1 unspecified atom stereocenters. The number of hydrogen-bond donors (Lipinski definition) is 1. The lowest BCUT2D eigenvalue weighted by Crippen LogP contribution is -2.23. The van der Waals surface area contributed by atoms with Gasteiger partial charge in [-0.1, -0.05) is 29.1 Å². The first kappa shape index (κ1) is 13.4. The Bertz CT molecular complexity index is 504. The van der Waals surface area contributed by atoms with Crippen LogP contribution in [0.1, 0.15) is 29.8 Å². The quantitative estimate of drug-likeness (QED) is 0.915. The minimum atomic E-state index is -0.315. The molecule has 6 heteroatoms. The fraction of sp³-hybridized carbons (Fsp3) is 0.333. The molecule has 0 saturated carbocycles. The molecule has 18 heavy (non-hydrogen) atoms. The Hall–Kier alpha value is -1.04. The van der Waals surface area contributed by atoms with Crippen LogP contribution in [0.2, 0.25) is 5.02 Å². The Labute approximate surface area is 114 Å². The van der Waals surface area contributed by atoms with Gasteiger partial charge < -0.3 is 5.32 Å². The molecule has 3 nitrogen and oxygen atoms in total. The first-order valence-electron chi connectivity index (χ1n) is 5.68. The highest BCUT2D eigenvalue weighted by atomic mass is 35.5. The summed E-state index contributed by atoms with van der Waals surface area (Å²) in [6.07, 6.45) is 2.63. The molecule has 1 aromatic carbocycles. The van der Waals surface area contributed by atoms with Crippen LogP contribution in [0.25, 0.3) is 0 Å². The van der Waals surface area contributed by atoms with Crippen LogP contribution in [0, 0.1) is 5.82 Å². The van der Waals surface area contributed by atoms with Gasteiger partial charge in [-0.05, 0) is 36.6 Å². The third-order valence-electron chi connectivity index (χ3n) is 2.53. The molecule has 0 bridgehead atoms. The Kier molecular flexibility index (Phi) is 4.63. The molecule has 0 saturated heterocycles. The number of benzene rings is 1.